The van der Waals surface area contributed by atoms with Crippen LogP contribution in [0.15, 0.2) is 23.8 Å². The van der Waals surface area contributed by atoms with Gasteiger partial charge in [-0.1, -0.05) is 19.1 Å². The Morgan fingerprint density at radius 1 is 1.41 bits per heavy atom. The summed E-state index contributed by atoms with van der Waals surface area (Å²) in [7, 11) is 0. The van der Waals surface area contributed by atoms with Crippen LogP contribution in [0.3, 0.4) is 0 Å². The predicted molar refractivity (Wildman–Crippen MR) is 79.8 cm³/mol. The normalized spacial score (nSPS) is 31.0. The van der Waals surface area contributed by atoms with Gasteiger partial charge in [0.25, 0.3) is 0 Å². The smallest absolute Gasteiger partial charge is 0.334 e. The average molecular weight is 306 g/mol. The van der Waals surface area contributed by atoms with E-state index in [-0.39, 0.29) is 23.7 Å². The number of ketones is 1. The molecule has 5 heteroatoms. The van der Waals surface area contributed by atoms with Crippen molar-refractivity contribution in [3.63, 3.8) is 0 Å². The van der Waals surface area contributed by atoms with E-state index >= 15 is 0 Å². The van der Waals surface area contributed by atoms with Crippen molar-refractivity contribution in [2.45, 2.75) is 52.2 Å². The first-order valence-corrected chi connectivity index (χ1v) is 7.56. The molecule has 2 aliphatic rings. The van der Waals surface area contributed by atoms with Gasteiger partial charge in [0.1, 0.15) is 18.0 Å². The molecule has 1 heterocycles. The first-order valence-electron chi connectivity index (χ1n) is 7.56. The first kappa shape index (κ1) is 16.5. The fourth-order valence-corrected chi connectivity index (χ4v) is 3.18. The molecule has 0 aromatic carbocycles. The third kappa shape index (κ3) is 3.46. The molecule has 1 saturated heterocycles. The number of esters is 2. The summed E-state index contributed by atoms with van der Waals surface area (Å²) in [5.74, 6) is -0.884. The summed E-state index contributed by atoms with van der Waals surface area (Å²) in [5.41, 5.74) is 1.42. The largest absolute Gasteiger partial charge is 0.458 e. The molecule has 0 aromatic rings. The number of carbonyl (C=O) groups excluding carboxylic acids is 3. The summed E-state index contributed by atoms with van der Waals surface area (Å²) >= 11 is 0. The van der Waals surface area contributed by atoms with E-state index in [9.17, 15) is 14.4 Å². The zero-order valence-electron chi connectivity index (χ0n) is 13.3. The van der Waals surface area contributed by atoms with Crippen molar-refractivity contribution in [3.8, 4) is 0 Å². The molecular weight excluding hydrogens is 284 g/mol. The molecule has 0 N–H and O–H groups in total. The lowest BCUT2D eigenvalue weighted by Crippen LogP contribution is -2.30. The molecule has 0 spiro atoms. The molecule has 1 aliphatic heterocycles. The second kappa shape index (κ2) is 6.46. The lowest BCUT2D eigenvalue weighted by atomic mass is 9.89. The summed E-state index contributed by atoms with van der Waals surface area (Å²) in [6, 6.07) is 0. The number of hydrogen-bond donors (Lipinski definition) is 0. The van der Waals surface area contributed by atoms with Crippen molar-refractivity contribution in [3.05, 3.63) is 23.8 Å². The van der Waals surface area contributed by atoms with Gasteiger partial charge >= 0.3 is 11.9 Å². The highest BCUT2D eigenvalue weighted by Gasteiger charge is 2.46. The second-order valence-electron chi connectivity index (χ2n) is 6.15. The van der Waals surface area contributed by atoms with Crippen molar-refractivity contribution in [2.75, 3.05) is 0 Å². The Balaban J connectivity index is 2.30. The van der Waals surface area contributed by atoms with Crippen molar-refractivity contribution >= 4 is 17.7 Å². The number of Topliss-reactive ketones (excluding diaryl/α,β-unsaturated/α-hetero) is 1. The van der Waals surface area contributed by atoms with Crippen molar-refractivity contribution in [2.24, 2.45) is 11.8 Å². The zero-order valence-corrected chi connectivity index (χ0v) is 13.3. The van der Waals surface area contributed by atoms with Crippen molar-refractivity contribution in [1.29, 1.82) is 0 Å². The van der Waals surface area contributed by atoms with Crippen LogP contribution >= 0.6 is 0 Å². The molecule has 1 fully saturated rings. The van der Waals surface area contributed by atoms with Gasteiger partial charge in [0.15, 0.2) is 0 Å². The van der Waals surface area contributed by atoms with Crippen LogP contribution in [0.1, 0.15) is 40.0 Å². The van der Waals surface area contributed by atoms with E-state index in [0.29, 0.717) is 24.8 Å². The SMILES string of the molecule is C=C1C(=O)O[C@@H]2C[C@H](C)C(CCC(C)=O)=C[C@H](OC(C)=O)[C@@H]12. The van der Waals surface area contributed by atoms with E-state index in [1.807, 2.05) is 13.0 Å². The number of ether oxygens (including phenoxy) is 2. The molecule has 5 nitrogen and oxygen atoms in total. The first-order chi connectivity index (χ1) is 10.3. The standard InChI is InChI=1S/C17H22O5/c1-9-7-14-16(11(3)17(20)22-14)15(21-12(4)19)8-13(9)6-5-10(2)18/h8-9,14-16H,3,5-7H2,1-2,4H3/t9-,14+,15-,16-/m0/s1. The quantitative estimate of drug-likeness (QED) is 0.453. The molecule has 22 heavy (non-hydrogen) atoms. The lowest BCUT2D eigenvalue weighted by Gasteiger charge is -2.22. The van der Waals surface area contributed by atoms with E-state index < -0.39 is 18.0 Å². The van der Waals surface area contributed by atoms with E-state index in [1.54, 1.807) is 6.92 Å². The number of hydrogen-bond acceptors (Lipinski definition) is 5. The van der Waals surface area contributed by atoms with Gasteiger partial charge in [-0.25, -0.2) is 4.79 Å². The zero-order chi connectivity index (χ0) is 16.4. The van der Waals surface area contributed by atoms with Gasteiger partial charge in [-0.15, -0.1) is 0 Å². The van der Waals surface area contributed by atoms with Crippen LogP contribution in [0.5, 0.6) is 0 Å². The third-order valence-electron chi connectivity index (χ3n) is 4.34. The minimum absolute atomic E-state index is 0.123. The maximum absolute atomic E-state index is 11.8. The number of fused-ring (bicyclic) bond motifs is 1. The third-order valence-corrected chi connectivity index (χ3v) is 4.34. The van der Waals surface area contributed by atoms with Gasteiger partial charge in [0.2, 0.25) is 0 Å². The number of allylic oxidation sites excluding steroid dienone is 1. The highest BCUT2D eigenvalue weighted by atomic mass is 16.6. The van der Waals surface area contributed by atoms with Crippen LogP contribution in [-0.4, -0.2) is 29.9 Å². The van der Waals surface area contributed by atoms with Crippen LogP contribution in [0.2, 0.25) is 0 Å². The van der Waals surface area contributed by atoms with Gasteiger partial charge in [-0.05, 0) is 31.8 Å². The fraction of sp³-hybridized carbons (Fsp3) is 0.588. The Labute approximate surface area is 130 Å². The van der Waals surface area contributed by atoms with Crippen molar-refractivity contribution in [1.82, 2.24) is 0 Å². The van der Waals surface area contributed by atoms with Crippen LogP contribution < -0.4 is 0 Å². The molecule has 0 saturated carbocycles. The fourth-order valence-electron chi connectivity index (χ4n) is 3.18. The molecular formula is C17H22O5. The van der Waals surface area contributed by atoms with Crippen LogP contribution in [0.4, 0.5) is 0 Å². The lowest BCUT2D eigenvalue weighted by molar-refractivity contribution is -0.147. The van der Waals surface area contributed by atoms with Crippen LogP contribution in [0, 0.1) is 11.8 Å². The Bertz CT molecular complexity index is 545. The molecule has 0 radical (unpaired) electrons. The Morgan fingerprint density at radius 2 is 2.09 bits per heavy atom. The molecule has 2 rings (SSSR count). The van der Waals surface area contributed by atoms with Crippen LogP contribution in [0.25, 0.3) is 0 Å². The van der Waals surface area contributed by atoms with Gasteiger partial charge in [0, 0.05) is 18.9 Å². The topological polar surface area (TPSA) is 69.7 Å². The Morgan fingerprint density at radius 3 is 2.68 bits per heavy atom. The van der Waals surface area contributed by atoms with E-state index in [2.05, 4.69) is 6.58 Å². The van der Waals surface area contributed by atoms with Crippen molar-refractivity contribution < 1.29 is 23.9 Å². The minimum atomic E-state index is -0.562. The van der Waals surface area contributed by atoms with Crippen LogP contribution in [-0.2, 0) is 23.9 Å². The maximum Gasteiger partial charge on any atom is 0.334 e. The van der Waals surface area contributed by atoms with Gasteiger partial charge in [-0.3, -0.25) is 4.79 Å². The number of rotatable bonds is 4. The van der Waals surface area contributed by atoms with E-state index in [0.717, 1.165) is 5.57 Å². The number of carbonyl (C=O) groups is 3. The molecule has 0 amide bonds. The molecule has 120 valence electrons. The van der Waals surface area contributed by atoms with Gasteiger partial charge in [0.05, 0.1) is 5.92 Å². The summed E-state index contributed by atoms with van der Waals surface area (Å²) in [6.45, 7) is 8.73. The van der Waals surface area contributed by atoms with E-state index in [4.69, 9.17) is 9.47 Å². The highest BCUT2D eigenvalue weighted by Crippen LogP contribution is 2.40. The molecule has 0 aromatic heterocycles. The summed E-state index contributed by atoms with van der Waals surface area (Å²) in [6.07, 6.45) is 2.73. The Kier molecular flexibility index (Phi) is 4.84. The minimum Gasteiger partial charge on any atom is -0.458 e. The molecule has 4 atom stereocenters. The maximum atomic E-state index is 11.8. The summed E-state index contributed by atoms with van der Waals surface area (Å²) < 4.78 is 10.8. The summed E-state index contributed by atoms with van der Waals surface area (Å²) in [4.78, 5) is 34.4. The molecule has 0 unspecified atom stereocenters. The molecule has 0 bridgehead atoms. The Hall–Kier alpha value is -1.91. The predicted octanol–water partition coefficient (Wildman–Crippen LogP) is 2.35. The summed E-state index contributed by atoms with van der Waals surface area (Å²) in [5, 5.41) is 0. The molecule has 1 aliphatic carbocycles. The monoisotopic (exact) mass is 306 g/mol. The van der Waals surface area contributed by atoms with Gasteiger partial charge in [-0.2, -0.15) is 0 Å². The van der Waals surface area contributed by atoms with E-state index in [1.165, 1.54) is 6.92 Å². The van der Waals surface area contributed by atoms with Gasteiger partial charge < -0.3 is 14.3 Å². The second-order valence-corrected chi connectivity index (χ2v) is 6.15. The average Bonchev–Trinajstić information content (AvgIpc) is 2.60. The highest BCUT2D eigenvalue weighted by molar-refractivity contribution is 5.91.